The van der Waals surface area contributed by atoms with E-state index in [0.717, 1.165) is 22.2 Å². The van der Waals surface area contributed by atoms with Crippen molar-refractivity contribution in [3.63, 3.8) is 0 Å². The van der Waals surface area contributed by atoms with E-state index in [-0.39, 0.29) is 0 Å². The van der Waals surface area contributed by atoms with Gasteiger partial charge in [0.15, 0.2) is 19.7 Å². The normalized spacial score (nSPS) is 11.6. The molecule has 0 spiro atoms. The maximum atomic E-state index is 5.19. The van der Waals surface area contributed by atoms with Crippen molar-refractivity contribution in [1.29, 1.82) is 0 Å². The van der Waals surface area contributed by atoms with Crippen molar-refractivity contribution in [2.24, 2.45) is 0 Å². The van der Waals surface area contributed by atoms with Crippen LogP contribution in [-0.2, 0) is 0 Å². The van der Waals surface area contributed by atoms with E-state index in [4.69, 9.17) is 15.0 Å². The number of benzene rings is 7. The van der Waals surface area contributed by atoms with Crippen molar-refractivity contribution in [2.75, 3.05) is 0 Å². The van der Waals surface area contributed by atoms with Gasteiger partial charge in [-0.15, -0.1) is 0 Å². The van der Waals surface area contributed by atoms with Gasteiger partial charge in [0.1, 0.15) is 0 Å². The molecule has 0 aliphatic carbocycles. The number of para-hydroxylation sites is 2. The third-order valence-electron chi connectivity index (χ3n) is 9.63. The Labute approximate surface area is 292 Å². The van der Waals surface area contributed by atoms with Gasteiger partial charge < -0.3 is 0 Å². The van der Waals surface area contributed by atoms with Crippen LogP contribution in [0.2, 0.25) is 0 Å². The molecule has 0 aliphatic heterocycles. The Morgan fingerprint density at radius 1 is 0.320 bits per heavy atom. The molecule has 9 rings (SSSR count). The summed E-state index contributed by atoms with van der Waals surface area (Å²) < 4.78 is 2.16. The van der Waals surface area contributed by atoms with E-state index in [1.807, 2.05) is 18.2 Å². The third-order valence-corrected chi connectivity index (χ3v) is 14.4. The first-order chi connectivity index (χ1) is 24.8. The summed E-state index contributed by atoms with van der Waals surface area (Å²) in [5.41, 5.74) is 4.00. The molecule has 0 unspecified atom stereocenters. The van der Waals surface area contributed by atoms with Crippen LogP contribution in [0.15, 0.2) is 194 Å². The zero-order chi connectivity index (χ0) is 33.3. The SMILES string of the molecule is c1ccc(-c2nc(-c3ccc([Si](c4ccccc4)(c4ccccc4)c4ccccc4)cc3)nc(-n3c4ccccc4c4ccccc43)n2)cc1. The molecule has 4 nitrogen and oxygen atoms in total. The molecule has 9 aromatic rings. The summed E-state index contributed by atoms with van der Waals surface area (Å²) in [6.45, 7) is 0. The van der Waals surface area contributed by atoms with Crippen LogP contribution in [-0.4, -0.2) is 27.6 Å². The summed E-state index contributed by atoms with van der Waals surface area (Å²) in [6.07, 6.45) is 0. The van der Waals surface area contributed by atoms with Crippen molar-refractivity contribution < 1.29 is 0 Å². The van der Waals surface area contributed by atoms with E-state index in [1.54, 1.807) is 0 Å². The Bertz CT molecular complexity index is 2420. The highest BCUT2D eigenvalue weighted by Gasteiger charge is 2.41. The summed E-state index contributed by atoms with van der Waals surface area (Å²) in [5.74, 6) is 1.86. The molecule has 0 saturated heterocycles. The minimum Gasteiger partial charge on any atom is -0.278 e. The van der Waals surface area contributed by atoms with Gasteiger partial charge in [-0.1, -0.05) is 182 Å². The molecule has 2 heterocycles. The molecule has 0 atom stereocenters. The van der Waals surface area contributed by atoms with Crippen LogP contribution in [0.5, 0.6) is 0 Å². The summed E-state index contributed by atoms with van der Waals surface area (Å²) in [7, 11) is -2.66. The fourth-order valence-corrected chi connectivity index (χ4v) is 12.1. The number of rotatable bonds is 7. The molecule has 0 amide bonds. The van der Waals surface area contributed by atoms with Gasteiger partial charge >= 0.3 is 0 Å². The lowest BCUT2D eigenvalue weighted by Gasteiger charge is -2.34. The monoisotopic (exact) mass is 656 g/mol. The average molecular weight is 657 g/mol. The van der Waals surface area contributed by atoms with Gasteiger partial charge in [0, 0.05) is 21.9 Å². The lowest BCUT2D eigenvalue weighted by atomic mass is 10.2. The molecule has 0 radical (unpaired) electrons. The van der Waals surface area contributed by atoms with Crippen LogP contribution in [0.25, 0.3) is 50.5 Å². The molecule has 0 saturated carbocycles. The molecule has 0 fully saturated rings. The second-order valence-corrected chi connectivity index (χ2v) is 16.3. The maximum absolute atomic E-state index is 5.19. The van der Waals surface area contributed by atoms with E-state index in [0.29, 0.717) is 17.6 Å². The largest absolute Gasteiger partial charge is 0.278 e. The summed E-state index contributed by atoms with van der Waals surface area (Å²) in [6, 6.07) is 69.0. The van der Waals surface area contributed by atoms with Gasteiger partial charge in [-0.3, -0.25) is 4.57 Å². The number of fused-ring (bicyclic) bond motifs is 3. The van der Waals surface area contributed by atoms with Crippen molar-refractivity contribution >= 4 is 50.6 Å². The van der Waals surface area contributed by atoms with Crippen molar-refractivity contribution in [2.45, 2.75) is 0 Å². The number of hydrogen-bond acceptors (Lipinski definition) is 3. The predicted octanol–water partition coefficient (Wildman–Crippen LogP) is 7.68. The van der Waals surface area contributed by atoms with Gasteiger partial charge in [-0.2, -0.15) is 9.97 Å². The van der Waals surface area contributed by atoms with Gasteiger partial charge in [-0.05, 0) is 32.9 Å². The van der Waals surface area contributed by atoms with E-state index < -0.39 is 8.07 Å². The second kappa shape index (κ2) is 12.5. The molecule has 0 N–H and O–H groups in total. The van der Waals surface area contributed by atoms with E-state index in [1.165, 1.54) is 31.5 Å². The highest BCUT2D eigenvalue weighted by atomic mass is 28.3. The summed E-state index contributed by atoms with van der Waals surface area (Å²) >= 11 is 0. The number of hydrogen-bond donors (Lipinski definition) is 0. The summed E-state index contributed by atoms with van der Waals surface area (Å²) in [4.78, 5) is 15.4. The molecular formula is C45H32N4Si. The quantitative estimate of drug-likeness (QED) is 0.131. The Morgan fingerprint density at radius 3 is 1.14 bits per heavy atom. The highest BCUT2D eigenvalue weighted by molar-refractivity contribution is 7.19. The molecular weight excluding hydrogens is 625 g/mol. The lowest BCUT2D eigenvalue weighted by molar-refractivity contribution is 0.953. The smallest absolute Gasteiger partial charge is 0.238 e. The zero-order valence-electron chi connectivity index (χ0n) is 27.3. The molecule has 50 heavy (non-hydrogen) atoms. The first-order valence-corrected chi connectivity index (χ1v) is 18.9. The first kappa shape index (κ1) is 29.7. The van der Waals surface area contributed by atoms with Crippen LogP contribution >= 0.6 is 0 Å². The van der Waals surface area contributed by atoms with Gasteiger partial charge in [0.25, 0.3) is 0 Å². The van der Waals surface area contributed by atoms with E-state index in [2.05, 4.69) is 180 Å². The van der Waals surface area contributed by atoms with Crippen LogP contribution < -0.4 is 20.7 Å². The lowest BCUT2D eigenvalue weighted by Crippen LogP contribution is -2.74. The third kappa shape index (κ3) is 4.95. The number of aromatic nitrogens is 4. The molecule has 0 bridgehead atoms. The topological polar surface area (TPSA) is 43.6 Å². The fourth-order valence-electron chi connectivity index (χ4n) is 7.38. The minimum absolute atomic E-state index is 0.594. The minimum atomic E-state index is -2.66. The average Bonchev–Trinajstić information content (AvgIpc) is 3.54. The maximum Gasteiger partial charge on any atom is 0.238 e. The Hall–Kier alpha value is -6.43. The molecule has 7 aromatic carbocycles. The molecule has 0 aliphatic rings. The van der Waals surface area contributed by atoms with Crippen LogP contribution in [0, 0.1) is 0 Å². The highest BCUT2D eigenvalue weighted by Crippen LogP contribution is 2.32. The zero-order valence-corrected chi connectivity index (χ0v) is 28.3. The Balaban J connectivity index is 1.26. The van der Waals surface area contributed by atoms with Gasteiger partial charge in [-0.25, -0.2) is 4.98 Å². The van der Waals surface area contributed by atoms with Crippen molar-refractivity contribution in [3.8, 4) is 28.7 Å². The van der Waals surface area contributed by atoms with Gasteiger partial charge in [0.2, 0.25) is 5.95 Å². The van der Waals surface area contributed by atoms with E-state index >= 15 is 0 Å². The van der Waals surface area contributed by atoms with Crippen LogP contribution in [0.1, 0.15) is 0 Å². The van der Waals surface area contributed by atoms with Gasteiger partial charge in [0.05, 0.1) is 11.0 Å². The molecule has 236 valence electrons. The van der Waals surface area contributed by atoms with Crippen molar-refractivity contribution in [1.82, 2.24) is 19.5 Å². The van der Waals surface area contributed by atoms with Crippen LogP contribution in [0.3, 0.4) is 0 Å². The van der Waals surface area contributed by atoms with Crippen LogP contribution in [0.4, 0.5) is 0 Å². The second-order valence-electron chi connectivity index (χ2n) is 12.4. The molecule has 5 heteroatoms. The van der Waals surface area contributed by atoms with E-state index in [9.17, 15) is 0 Å². The fraction of sp³-hybridized carbons (Fsp3) is 0. The van der Waals surface area contributed by atoms with Crippen molar-refractivity contribution in [3.05, 3.63) is 194 Å². The molecule has 2 aromatic heterocycles. The Kier molecular flexibility index (Phi) is 7.45. The Morgan fingerprint density at radius 2 is 0.680 bits per heavy atom. The number of nitrogens with zero attached hydrogens (tertiary/aromatic N) is 4. The standard InChI is InChI=1S/C45H32N4Si/c1-5-17-33(18-6-1)43-46-44(48-45(47-43)49-41-27-15-13-25-39(41)40-26-14-16-28-42(40)49)34-29-31-38(32-30-34)50(35-19-7-2-8-20-35,36-21-9-3-10-22-36)37-23-11-4-12-24-37/h1-32H. The summed E-state index contributed by atoms with van der Waals surface area (Å²) in [5, 5.41) is 7.64. The first-order valence-electron chi connectivity index (χ1n) is 16.9. The predicted molar refractivity (Wildman–Crippen MR) is 209 cm³/mol.